The Hall–Kier alpha value is -2.55. The third kappa shape index (κ3) is 3.87. The van der Waals surface area contributed by atoms with Gasteiger partial charge in [0.25, 0.3) is 0 Å². The number of hydrogen-bond acceptors (Lipinski definition) is 4. The molecule has 0 aliphatic rings. The number of nitrogens with zero attached hydrogens (tertiary/aromatic N) is 3. The van der Waals surface area contributed by atoms with Crippen molar-refractivity contribution in [2.45, 2.75) is 30.2 Å². The quantitative estimate of drug-likeness (QED) is 0.277. The minimum absolute atomic E-state index is 0.0668. The smallest absolute Gasteiger partial charge is 0.341 e. The highest BCUT2D eigenvalue weighted by Gasteiger charge is 2.25. The Bertz CT molecular complexity index is 1340. The minimum atomic E-state index is -0.759. The summed E-state index contributed by atoms with van der Waals surface area (Å²) < 4.78 is 38.3. The highest BCUT2D eigenvalue weighted by molar-refractivity contribution is 7.99. The van der Waals surface area contributed by atoms with Crippen molar-refractivity contribution in [2.75, 3.05) is 6.61 Å². The number of carbonyl (C=O) groups excluding carboxylic acids is 1. The van der Waals surface area contributed by atoms with E-state index >= 15 is 8.78 Å². The van der Waals surface area contributed by atoms with Gasteiger partial charge in [-0.2, -0.15) is 5.10 Å². The Balaban J connectivity index is 1.90. The number of esters is 1. The van der Waals surface area contributed by atoms with Gasteiger partial charge in [0, 0.05) is 23.0 Å². The number of aryl methyl sites for hydroxylation is 1. The zero-order valence-corrected chi connectivity index (χ0v) is 19.4. The lowest BCUT2D eigenvalue weighted by Gasteiger charge is -2.08. The summed E-state index contributed by atoms with van der Waals surface area (Å²) in [4.78, 5) is 12.6. The molecule has 0 unspecified atom stereocenters. The fourth-order valence-corrected chi connectivity index (χ4v) is 4.87. The van der Waals surface area contributed by atoms with Crippen molar-refractivity contribution in [2.24, 2.45) is 0 Å². The summed E-state index contributed by atoms with van der Waals surface area (Å²) in [6.45, 7) is 4.31. The number of hydrogen-bond donors (Lipinski definition) is 0. The zero-order chi connectivity index (χ0) is 23.0. The summed E-state index contributed by atoms with van der Waals surface area (Å²) in [5.74, 6) is -2.14. The predicted molar refractivity (Wildman–Crippen MR) is 121 cm³/mol. The largest absolute Gasteiger partial charge is 0.462 e. The highest BCUT2D eigenvalue weighted by atomic mass is 35.5. The molecule has 0 saturated heterocycles. The number of benzene rings is 2. The van der Waals surface area contributed by atoms with Gasteiger partial charge in [0.05, 0.1) is 39.5 Å². The van der Waals surface area contributed by atoms with Crippen LogP contribution in [0.4, 0.5) is 8.78 Å². The first-order valence-electron chi connectivity index (χ1n) is 9.71. The SMILES string of the molecule is CCOC(=O)c1cccc(Sc2c(Cl)n(-c3cnn(CC)c3)c3c(F)c(Cl)ccc23)c1F. The molecule has 0 amide bonds. The third-order valence-corrected chi connectivity index (χ3v) is 6.71. The van der Waals surface area contributed by atoms with Crippen LogP contribution in [0.3, 0.4) is 0 Å². The van der Waals surface area contributed by atoms with E-state index < -0.39 is 17.6 Å². The average molecular weight is 496 g/mol. The van der Waals surface area contributed by atoms with Gasteiger partial charge in [-0.1, -0.05) is 41.0 Å². The van der Waals surface area contributed by atoms with Crippen LogP contribution in [0.2, 0.25) is 10.2 Å². The van der Waals surface area contributed by atoms with E-state index in [4.69, 9.17) is 27.9 Å². The molecule has 0 aliphatic heterocycles. The van der Waals surface area contributed by atoms with Crippen LogP contribution in [-0.4, -0.2) is 26.9 Å². The van der Waals surface area contributed by atoms with Gasteiger partial charge in [-0.3, -0.25) is 9.25 Å². The molecule has 2 aromatic carbocycles. The molecule has 0 atom stereocenters. The molecule has 0 aliphatic carbocycles. The van der Waals surface area contributed by atoms with Crippen molar-refractivity contribution < 1.29 is 18.3 Å². The van der Waals surface area contributed by atoms with Crippen LogP contribution >= 0.6 is 35.0 Å². The Kier molecular flexibility index (Phi) is 6.46. The normalized spacial score (nSPS) is 11.3. The summed E-state index contributed by atoms with van der Waals surface area (Å²) >= 11 is 13.7. The van der Waals surface area contributed by atoms with Crippen molar-refractivity contribution in [3.05, 3.63) is 70.1 Å². The van der Waals surface area contributed by atoms with Crippen LogP contribution < -0.4 is 0 Å². The first-order chi connectivity index (χ1) is 15.4. The number of rotatable bonds is 6. The maximum atomic E-state index is 15.1. The summed E-state index contributed by atoms with van der Waals surface area (Å²) in [7, 11) is 0. The van der Waals surface area contributed by atoms with Crippen molar-refractivity contribution in [3.8, 4) is 5.69 Å². The molecule has 4 aromatic rings. The van der Waals surface area contributed by atoms with E-state index in [-0.39, 0.29) is 32.8 Å². The van der Waals surface area contributed by atoms with E-state index in [1.54, 1.807) is 36.1 Å². The molecule has 10 heteroatoms. The fraction of sp³-hybridized carbons (Fsp3) is 0.182. The second-order valence-corrected chi connectivity index (χ2v) is 8.52. The van der Waals surface area contributed by atoms with Crippen LogP contribution in [0.1, 0.15) is 24.2 Å². The van der Waals surface area contributed by atoms with E-state index in [1.807, 2.05) is 6.92 Å². The zero-order valence-electron chi connectivity index (χ0n) is 17.0. The van der Waals surface area contributed by atoms with Crippen LogP contribution in [0, 0.1) is 11.6 Å². The van der Waals surface area contributed by atoms with Crippen molar-refractivity contribution in [1.29, 1.82) is 0 Å². The van der Waals surface area contributed by atoms with E-state index in [0.717, 1.165) is 11.8 Å². The molecule has 32 heavy (non-hydrogen) atoms. The Morgan fingerprint density at radius 2 is 1.94 bits per heavy atom. The molecule has 0 saturated carbocycles. The summed E-state index contributed by atoms with van der Waals surface area (Å²) in [6.07, 6.45) is 3.29. The van der Waals surface area contributed by atoms with Crippen LogP contribution in [0.25, 0.3) is 16.6 Å². The number of aromatic nitrogens is 3. The minimum Gasteiger partial charge on any atom is -0.462 e. The van der Waals surface area contributed by atoms with E-state index in [1.165, 1.54) is 22.8 Å². The maximum Gasteiger partial charge on any atom is 0.341 e. The summed E-state index contributed by atoms with van der Waals surface area (Å²) in [6, 6.07) is 7.46. The molecule has 0 spiro atoms. The molecular weight excluding hydrogens is 479 g/mol. The monoisotopic (exact) mass is 495 g/mol. The molecule has 2 heterocycles. The van der Waals surface area contributed by atoms with E-state index in [0.29, 0.717) is 22.5 Å². The Morgan fingerprint density at radius 3 is 2.62 bits per heavy atom. The molecule has 0 fully saturated rings. The Labute approximate surface area is 196 Å². The second kappa shape index (κ2) is 9.13. The lowest BCUT2D eigenvalue weighted by molar-refractivity contribution is 0.0520. The van der Waals surface area contributed by atoms with Crippen LogP contribution in [-0.2, 0) is 11.3 Å². The predicted octanol–water partition coefficient (Wildman–Crippen LogP) is 6.76. The second-order valence-electron chi connectivity index (χ2n) is 6.71. The summed E-state index contributed by atoms with van der Waals surface area (Å²) in [5, 5.41) is 4.78. The van der Waals surface area contributed by atoms with Gasteiger partial charge in [0.1, 0.15) is 5.15 Å². The molecule has 166 valence electrons. The van der Waals surface area contributed by atoms with Crippen LogP contribution in [0.15, 0.2) is 52.5 Å². The fourth-order valence-electron chi connectivity index (χ4n) is 3.30. The molecule has 4 rings (SSSR count). The van der Waals surface area contributed by atoms with Gasteiger partial charge < -0.3 is 4.74 Å². The van der Waals surface area contributed by atoms with Crippen molar-refractivity contribution >= 4 is 51.8 Å². The van der Waals surface area contributed by atoms with Gasteiger partial charge >= 0.3 is 5.97 Å². The molecule has 5 nitrogen and oxygen atoms in total. The van der Waals surface area contributed by atoms with Gasteiger partial charge in [0.15, 0.2) is 11.6 Å². The van der Waals surface area contributed by atoms with Crippen molar-refractivity contribution in [1.82, 2.24) is 14.3 Å². The number of halogens is 4. The average Bonchev–Trinajstić information content (AvgIpc) is 3.35. The number of carbonyl (C=O) groups is 1. The molecule has 2 aromatic heterocycles. The third-order valence-electron chi connectivity index (χ3n) is 4.79. The molecule has 0 radical (unpaired) electrons. The van der Waals surface area contributed by atoms with Gasteiger partial charge in [-0.15, -0.1) is 0 Å². The highest BCUT2D eigenvalue weighted by Crippen LogP contribution is 2.45. The topological polar surface area (TPSA) is 49.1 Å². The van der Waals surface area contributed by atoms with Crippen molar-refractivity contribution in [3.63, 3.8) is 0 Å². The number of ether oxygens (including phenoxy) is 1. The maximum absolute atomic E-state index is 15.1. The van der Waals surface area contributed by atoms with Gasteiger partial charge in [-0.05, 0) is 38.1 Å². The standard InChI is InChI=1S/C22H17Cl2F2N3O2S/c1-3-28-11-12(10-27-28)29-19-14(8-9-15(23)18(19)26)20(21(29)24)32-16-7-5-6-13(17(16)25)22(30)31-4-2/h5-11H,3-4H2,1-2H3. The van der Waals surface area contributed by atoms with E-state index in [9.17, 15) is 4.79 Å². The van der Waals surface area contributed by atoms with Crippen LogP contribution in [0.5, 0.6) is 0 Å². The molecular formula is C22H17Cl2F2N3O2S. The van der Waals surface area contributed by atoms with Gasteiger partial charge in [0.2, 0.25) is 0 Å². The first-order valence-corrected chi connectivity index (χ1v) is 11.3. The lowest BCUT2D eigenvalue weighted by atomic mass is 10.2. The summed E-state index contributed by atoms with van der Waals surface area (Å²) in [5.41, 5.74) is 0.508. The lowest BCUT2D eigenvalue weighted by Crippen LogP contribution is -2.07. The molecule has 0 bridgehead atoms. The number of fused-ring (bicyclic) bond motifs is 1. The Morgan fingerprint density at radius 1 is 1.16 bits per heavy atom. The molecule has 0 N–H and O–H groups in total. The van der Waals surface area contributed by atoms with Gasteiger partial charge in [-0.25, -0.2) is 13.6 Å². The van der Waals surface area contributed by atoms with E-state index in [2.05, 4.69) is 5.10 Å². The first kappa shape index (κ1) is 22.6.